The van der Waals surface area contributed by atoms with E-state index in [1.807, 2.05) is 0 Å². The molecular formula is C19H23N3O. The van der Waals surface area contributed by atoms with Crippen molar-refractivity contribution in [1.82, 2.24) is 10.2 Å². The van der Waals surface area contributed by atoms with Gasteiger partial charge in [-0.05, 0) is 55.3 Å². The summed E-state index contributed by atoms with van der Waals surface area (Å²) in [6.07, 6.45) is 2.63. The van der Waals surface area contributed by atoms with Crippen LogP contribution in [0.25, 0.3) is 0 Å². The van der Waals surface area contributed by atoms with E-state index in [1.54, 1.807) is 24.3 Å². The molecule has 0 radical (unpaired) electrons. The highest BCUT2D eigenvalue weighted by atomic mass is 16.1. The van der Waals surface area contributed by atoms with Crippen molar-refractivity contribution < 1.29 is 4.79 Å². The molecule has 1 amide bonds. The van der Waals surface area contributed by atoms with Crippen LogP contribution >= 0.6 is 0 Å². The Balaban J connectivity index is 1.52. The topological polar surface area (TPSA) is 58.4 Å². The number of hydrogen-bond acceptors (Lipinski definition) is 3. The zero-order valence-corrected chi connectivity index (χ0v) is 13.3. The summed E-state index contributed by atoms with van der Waals surface area (Å²) in [5.74, 6) is -0.0987. The minimum Gasteiger partial charge on any atom is -0.399 e. The molecule has 120 valence electrons. The van der Waals surface area contributed by atoms with Crippen molar-refractivity contribution in [2.45, 2.75) is 25.9 Å². The average Bonchev–Trinajstić information content (AvgIpc) is 3.07. The van der Waals surface area contributed by atoms with Gasteiger partial charge in [0.2, 0.25) is 0 Å². The van der Waals surface area contributed by atoms with Crippen molar-refractivity contribution in [3.8, 4) is 0 Å². The molecule has 2 aromatic rings. The van der Waals surface area contributed by atoms with Crippen LogP contribution in [0.4, 0.5) is 5.69 Å². The van der Waals surface area contributed by atoms with Gasteiger partial charge in [0.25, 0.3) is 5.91 Å². The van der Waals surface area contributed by atoms with Crippen molar-refractivity contribution in [3.63, 3.8) is 0 Å². The van der Waals surface area contributed by atoms with Gasteiger partial charge in [0, 0.05) is 24.3 Å². The van der Waals surface area contributed by atoms with Gasteiger partial charge in [-0.2, -0.15) is 0 Å². The Kier molecular flexibility index (Phi) is 4.93. The van der Waals surface area contributed by atoms with Crippen LogP contribution in [0, 0.1) is 0 Å². The molecule has 1 fully saturated rings. The van der Waals surface area contributed by atoms with Gasteiger partial charge in [-0.1, -0.05) is 30.3 Å². The predicted molar refractivity (Wildman–Crippen MR) is 93.0 cm³/mol. The first-order chi connectivity index (χ1) is 11.2. The van der Waals surface area contributed by atoms with Crippen LogP contribution in [-0.2, 0) is 13.1 Å². The van der Waals surface area contributed by atoms with Gasteiger partial charge in [0.1, 0.15) is 0 Å². The first-order valence-electron chi connectivity index (χ1n) is 8.14. The van der Waals surface area contributed by atoms with E-state index in [0.717, 1.165) is 12.1 Å². The molecule has 0 spiro atoms. The number of nitrogens with two attached hydrogens (primary N) is 1. The number of hydrogen-bond donors (Lipinski definition) is 2. The smallest absolute Gasteiger partial charge is 0.251 e. The molecule has 1 saturated heterocycles. The summed E-state index contributed by atoms with van der Waals surface area (Å²) >= 11 is 0. The second-order valence-corrected chi connectivity index (χ2v) is 6.11. The van der Waals surface area contributed by atoms with Crippen molar-refractivity contribution in [1.29, 1.82) is 0 Å². The van der Waals surface area contributed by atoms with E-state index in [2.05, 4.69) is 34.5 Å². The van der Waals surface area contributed by atoms with Gasteiger partial charge in [-0.25, -0.2) is 0 Å². The van der Waals surface area contributed by atoms with E-state index in [1.165, 1.54) is 31.5 Å². The lowest BCUT2D eigenvalue weighted by molar-refractivity contribution is 0.0951. The lowest BCUT2D eigenvalue weighted by Crippen LogP contribution is -2.23. The van der Waals surface area contributed by atoms with E-state index in [9.17, 15) is 4.79 Å². The Hall–Kier alpha value is -2.33. The largest absolute Gasteiger partial charge is 0.399 e. The SMILES string of the molecule is Nc1cccc(C(=O)NCc2ccc(CN3CCCC3)cc2)c1. The third-order valence-electron chi connectivity index (χ3n) is 4.23. The van der Waals surface area contributed by atoms with E-state index >= 15 is 0 Å². The molecule has 23 heavy (non-hydrogen) atoms. The second-order valence-electron chi connectivity index (χ2n) is 6.11. The number of amides is 1. The fourth-order valence-corrected chi connectivity index (χ4v) is 2.93. The third kappa shape index (κ3) is 4.33. The number of nitrogens with one attached hydrogen (secondary N) is 1. The fourth-order valence-electron chi connectivity index (χ4n) is 2.93. The standard InChI is InChI=1S/C19H23N3O/c20-18-5-3-4-17(12-18)19(23)21-13-15-6-8-16(9-7-15)14-22-10-1-2-11-22/h3-9,12H,1-2,10-11,13-14,20H2,(H,21,23). The molecule has 0 aromatic heterocycles. The van der Waals surface area contributed by atoms with Crippen LogP contribution in [0.3, 0.4) is 0 Å². The molecule has 4 nitrogen and oxygen atoms in total. The molecule has 4 heteroatoms. The van der Waals surface area contributed by atoms with Crippen LogP contribution in [0.15, 0.2) is 48.5 Å². The Morgan fingerprint density at radius 1 is 1.04 bits per heavy atom. The maximum absolute atomic E-state index is 12.1. The third-order valence-corrected chi connectivity index (χ3v) is 4.23. The zero-order chi connectivity index (χ0) is 16.1. The fraction of sp³-hybridized carbons (Fsp3) is 0.316. The minimum atomic E-state index is -0.0987. The summed E-state index contributed by atoms with van der Waals surface area (Å²) in [6.45, 7) is 3.96. The highest BCUT2D eigenvalue weighted by molar-refractivity contribution is 5.94. The summed E-state index contributed by atoms with van der Waals surface area (Å²) in [5, 5.41) is 2.93. The lowest BCUT2D eigenvalue weighted by atomic mass is 10.1. The monoisotopic (exact) mass is 309 g/mol. The minimum absolute atomic E-state index is 0.0987. The Labute approximate surface area is 137 Å². The van der Waals surface area contributed by atoms with E-state index in [4.69, 9.17) is 5.73 Å². The number of rotatable bonds is 5. The molecule has 1 aliphatic heterocycles. The lowest BCUT2D eigenvalue weighted by Gasteiger charge is -2.14. The van der Waals surface area contributed by atoms with Gasteiger partial charge in [-0.3, -0.25) is 9.69 Å². The van der Waals surface area contributed by atoms with Gasteiger partial charge < -0.3 is 11.1 Å². The van der Waals surface area contributed by atoms with Crippen molar-refractivity contribution in [3.05, 3.63) is 65.2 Å². The quantitative estimate of drug-likeness (QED) is 0.835. The summed E-state index contributed by atoms with van der Waals surface area (Å²) in [5.41, 5.74) is 9.33. The van der Waals surface area contributed by atoms with Crippen LogP contribution in [0.5, 0.6) is 0 Å². The molecule has 1 heterocycles. The number of nitrogen functional groups attached to an aromatic ring is 1. The zero-order valence-electron chi connectivity index (χ0n) is 13.3. The number of nitrogens with zero attached hydrogens (tertiary/aromatic N) is 1. The molecule has 0 unspecified atom stereocenters. The number of anilines is 1. The highest BCUT2D eigenvalue weighted by Gasteiger charge is 2.11. The number of likely N-dealkylation sites (tertiary alicyclic amines) is 1. The Bertz CT molecular complexity index is 661. The van der Waals surface area contributed by atoms with Gasteiger partial charge in [0.05, 0.1) is 0 Å². The predicted octanol–water partition coefficient (Wildman–Crippen LogP) is 2.79. The molecule has 1 aliphatic rings. The Morgan fingerprint density at radius 2 is 1.74 bits per heavy atom. The van der Waals surface area contributed by atoms with Crippen LogP contribution in [0.2, 0.25) is 0 Å². The van der Waals surface area contributed by atoms with Crippen LogP contribution in [-0.4, -0.2) is 23.9 Å². The maximum atomic E-state index is 12.1. The molecule has 0 atom stereocenters. The number of benzene rings is 2. The molecule has 0 saturated carbocycles. The first-order valence-corrected chi connectivity index (χ1v) is 8.14. The van der Waals surface area contributed by atoms with Crippen molar-refractivity contribution >= 4 is 11.6 Å². The Morgan fingerprint density at radius 3 is 2.43 bits per heavy atom. The molecule has 0 aliphatic carbocycles. The van der Waals surface area contributed by atoms with Gasteiger partial charge in [0.15, 0.2) is 0 Å². The second kappa shape index (κ2) is 7.29. The van der Waals surface area contributed by atoms with Crippen molar-refractivity contribution in [2.75, 3.05) is 18.8 Å². The summed E-state index contributed by atoms with van der Waals surface area (Å²) < 4.78 is 0. The average molecular weight is 309 g/mol. The number of carbonyl (C=O) groups is 1. The van der Waals surface area contributed by atoms with Crippen LogP contribution in [0.1, 0.15) is 34.3 Å². The summed E-state index contributed by atoms with van der Waals surface area (Å²) in [7, 11) is 0. The van der Waals surface area contributed by atoms with Gasteiger partial charge in [-0.15, -0.1) is 0 Å². The summed E-state index contributed by atoms with van der Waals surface area (Å²) in [4.78, 5) is 14.6. The van der Waals surface area contributed by atoms with E-state index in [-0.39, 0.29) is 5.91 Å². The normalized spacial score (nSPS) is 14.8. The van der Waals surface area contributed by atoms with Gasteiger partial charge >= 0.3 is 0 Å². The first kappa shape index (κ1) is 15.6. The maximum Gasteiger partial charge on any atom is 0.251 e. The van der Waals surface area contributed by atoms with E-state index in [0.29, 0.717) is 17.8 Å². The number of carbonyl (C=O) groups excluding carboxylic acids is 1. The molecular weight excluding hydrogens is 286 g/mol. The highest BCUT2D eigenvalue weighted by Crippen LogP contribution is 2.13. The molecule has 3 N–H and O–H groups in total. The summed E-state index contributed by atoms with van der Waals surface area (Å²) in [6, 6.07) is 15.5. The van der Waals surface area contributed by atoms with Crippen LogP contribution < -0.4 is 11.1 Å². The molecule has 3 rings (SSSR count). The molecule has 2 aromatic carbocycles. The van der Waals surface area contributed by atoms with Crippen molar-refractivity contribution in [2.24, 2.45) is 0 Å². The molecule has 0 bridgehead atoms. The van der Waals surface area contributed by atoms with E-state index < -0.39 is 0 Å².